The van der Waals surface area contributed by atoms with Crippen molar-refractivity contribution in [2.45, 2.75) is 0 Å². The number of halogens is 1. The lowest BCUT2D eigenvalue weighted by molar-refractivity contribution is -0.122. The van der Waals surface area contributed by atoms with Crippen molar-refractivity contribution in [1.82, 2.24) is 4.90 Å². The first kappa shape index (κ1) is 17.4. The van der Waals surface area contributed by atoms with Gasteiger partial charge in [-0.15, -0.1) is 0 Å². The van der Waals surface area contributed by atoms with E-state index >= 15 is 0 Å². The second-order valence-electron chi connectivity index (χ2n) is 5.34. The molecule has 1 saturated heterocycles. The maximum Gasteiger partial charge on any atom is 0.266 e. The van der Waals surface area contributed by atoms with Gasteiger partial charge in [0.25, 0.3) is 5.91 Å². The van der Waals surface area contributed by atoms with Crippen LogP contribution < -0.4 is 0 Å². The minimum Gasteiger partial charge on any atom is -0.383 e. The van der Waals surface area contributed by atoms with Gasteiger partial charge in [0, 0.05) is 7.11 Å². The van der Waals surface area contributed by atoms with Crippen molar-refractivity contribution in [3.8, 4) is 0 Å². The van der Waals surface area contributed by atoms with Crippen LogP contribution in [0.25, 0.3) is 6.08 Å². The first-order valence-corrected chi connectivity index (χ1v) is 8.58. The van der Waals surface area contributed by atoms with Gasteiger partial charge in [-0.3, -0.25) is 9.69 Å². The third-order valence-electron chi connectivity index (χ3n) is 3.56. The Bertz CT molecular complexity index is 804. The number of hydrogen-bond donors (Lipinski definition) is 0. The Morgan fingerprint density at radius 3 is 2.56 bits per heavy atom. The molecule has 0 aliphatic carbocycles. The molecule has 1 aliphatic rings. The lowest BCUT2D eigenvalue weighted by Gasteiger charge is -2.14. The normalized spacial score (nSPS) is 17.7. The summed E-state index contributed by atoms with van der Waals surface area (Å²) in [5.41, 5.74) is 1.55. The van der Waals surface area contributed by atoms with Crippen molar-refractivity contribution in [3.05, 3.63) is 70.9 Å². The highest BCUT2D eigenvalue weighted by Crippen LogP contribution is 2.34. The Labute approximate surface area is 150 Å². The van der Waals surface area contributed by atoms with E-state index in [1.807, 2.05) is 30.3 Å². The molecule has 128 valence electrons. The number of para-hydroxylation sites is 1. The van der Waals surface area contributed by atoms with E-state index in [1.165, 1.54) is 23.9 Å². The van der Waals surface area contributed by atoms with Crippen LogP contribution in [0.1, 0.15) is 5.56 Å². The topological polar surface area (TPSA) is 41.9 Å². The number of carbonyl (C=O) groups is 1. The SMILES string of the molecule is COCCN1C(=O)/C(=C/c2ccc(F)cc2)SC1=Nc1ccccc1. The number of hydrogen-bond acceptors (Lipinski definition) is 4. The van der Waals surface area contributed by atoms with Gasteiger partial charge in [-0.1, -0.05) is 30.3 Å². The minimum atomic E-state index is -0.305. The summed E-state index contributed by atoms with van der Waals surface area (Å²) >= 11 is 1.31. The van der Waals surface area contributed by atoms with Crippen LogP contribution in [0.3, 0.4) is 0 Å². The highest BCUT2D eigenvalue weighted by molar-refractivity contribution is 8.18. The molecule has 6 heteroatoms. The van der Waals surface area contributed by atoms with Crippen LogP contribution in [0.5, 0.6) is 0 Å². The standard InChI is InChI=1S/C19H17FN2O2S/c1-24-12-11-22-18(23)17(13-14-7-9-15(20)10-8-14)25-19(22)21-16-5-3-2-4-6-16/h2-10,13H,11-12H2,1H3/b17-13-,21-19?. The molecular weight excluding hydrogens is 339 g/mol. The van der Waals surface area contributed by atoms with Gasteiger partial charge in [-0.25, -0.2) is 9.38 Å². The largest absolute Gasteiger partial charge is 0.383 e. The zero-order valence-corrected chi connectivity index (χ0v) is 14.5. The number of methoxy groups -OCH3 is 1. The number of rotatable bonds is 5. The number of benzene rings is 2. The third kappa shape index (κ3) is 4.35. The zero-order chi connectivity index (χ0) is 17.6. The van der Waals surface area contributed by atoms with Gasteiger partial charge in [0.05, 0.1) is 23.7 Å². The predicted octanol–water partition coefficient (Wildman–Crippen LogP) is 4.08. The van der Waals surface area contributed by atoms with Gasteiger partial charge in [-0.2, -0.15) is 0 Å². The zero-order valence-electron chi connectivity index (χ0n) is 13.7. The number of carbonyl (C=O) groups excluding carboxylic acids is 1. The average molecular weight is 356 g/mol. The Morgan fingerprint density at radius 2 is 1.88 bits per heavy atom. The molecule has 0 aromatic heterocycles. The van der Waals surface area contributed by atoms with E-state index in [1.54, 1.807) is 30.2 Å². The molecule has 0 atom stereocenters. The highest BCUT2D eigenvalue weighted by atomic mass is 32.2. The van der Waals surface area contributed by atoms with Crippen LogP contribution in [0.2, 0.25) is 0 Å². The minimum absolute atomic E-state index is 0.124. The maximum atomic E-state index is 13.0. The van der Waals surface area contributed by atoms with E-state index in [9.17, 15) is 9.18 Å². The fourth-order valence-electron chi connectivity index (χ4n) is 2.29. The van der Waals surface area contributed by atoms with E-state index in [2.05, 4.69) is 4.99 Å². The second kappa shape index (κ2) is 8.09. The fraction of sp³-hybridized carbons (Fsp3) is 0.158. The number of ether oxygens (including phenoxy) is 1. The average Bonchev–Trinajstić information content (AvgIpc) is 2.91. The maximum absolute atomic E-state index is 13.0. The van der Waals surface area contributed by atoms with Crippen LogP contribution >= 0.6 is 11.8 Å². The van der Waals surface area contributed by atoms with E-state index in [4.69, 9.17) is 4.74 Å². The Kier molecular flexibility index (Phi) is 5.63. The quantitative estimate of drug-likeness (QED) is 0.758. The van der Waals surface area contributed by atoms with Crippen molar-refractivity contribution in [1.29, 1.82) is 0 Å². The second-order valence-corrected chi connectivity index (χ2v) is 6.35. The van der Waals surface area contributed by atoms with Crippen LogP contribution in [0.15, 0.2) is 64.5 Å². The molecule has 0 bridgehead atoms. The molecule has 2 aromatic rings. The molecule has 1 amide bonds. The number of aliphatic imine (C=N–C) groups is 1. The van der Waals surface area contributed by atoms with E-state index < -0.39 is 0 Å². The van der Waals surface area contributed by atoms with Crippen molar-refractivity contribution >= 4 is 34.6 Å². The third-order valence-corrected chi connectivity index (χ3v) is 4.56. The molecule has 0 spiro atoms. The molecule has 1 fully saturated rings. The molecule has 3 rings (SSSR count). The summed E-state index contributed by atoms with van der Waals surface area (Å²) < 4.78 is 18.1. The molecule has 2 aromatic carbocycles. The summed E-state index contributed by atoms with van der Waals surface area (Å²) in [7, 11) is 1.59. The van der Waals surface area contributed by atoms with Crippen LogP contribution in [0.4, 0.5) is 10.1 Å². The van der Waals surface area contributed by atoms with Gasteiger partial charge in [-0.05, 0) is 47.7 Å². The van der Waals surface area contributed by atoms with Crippen molar-refractivity contribution < 1.29 is 13.9 Å². The summed E-state index contributed by atoms with van der Waals surface area (Å²) in [6, 6.07) is 15.5. The van der Waals surface area contributed by atoms with Crippen LogP contribution in [-0.4, -0.2) is 36.2 Å². The summed E-state index contributed by atoms with van der Waals surface area (Å²) in [5, 5.41) is 0.613. The van der Waals surface area contributed by atoms with Gasteiger partial charge in [0.2, 0.25) is 0 Å². The molecule has 25 heavy (non-hydrogen) atoms. The lowest BCUT2D eigenvalue weighted by Crippen LogP contribution is -2.32. The first-order valence-electron chi connectivity index (χ1n) is 7.77. The molecule has 0 saturated carbocycles. The van der Waals surface area contributed by atoms with E-state index in [0.29, 0.717) is 23.2 Å². The van der Waals surface area contributed by atoms with Gasteiger partial charge >= 0.3 is 0 Å². The summed E-state index contributed by atoms with van der Waals surface area (Å²) in [6.07, 6.45) is 1.75. The van der Waals surface area contributed by atoms with Crippen molar-refractivity contribution in [2.75, 3.05) is 20.3 Å². The number of thioether (sulfide) groups is 1. The van der Waals surface area contributed by atoms with Gasteiger partial charge < -0.3 is 4.74 Å². The Balaban J connectivity index is 1.90. The lowest BCUT2D eigenvalue weighted by atomic mass is 10.2. The van der Waals surface area contributed by atoms with Crippen molar-refractivity contribution in [3.63, 3.8) is 0 Å². The first-order chi connectivity index (χ1) is 12.2. The Hall–Kier alpha value is -2.44. The fourth-order valence-corrected chi connectivity index (χ4v) is 3.32. The molecular formula is C19H17FN2O2S. The number of amidine groups is 1. The smallest absolute Gasteiger partial charge is 0.266 e. The number of nitrogens with zero attached hydrogens (tertiary/aromatic N) is 2. The predicted molar refractivity (Wildman–Crippen MR) is 99.1 cm³/mol. The van der Waals surface area contributed by atoms with E-state index in [0.717, 1.165) is 11.3 Å². The molecule has 1 heterocycles. The summed E-state index contributed by atoms with van der Waals surface area (Å²) in [4.78, 5) is 19.4. The molecule has 0 N–H and O–H groups in total. The van der Waals surface area contributed by atoms with E-state index in [-0.39, 0.29) is 11.7 Å². The highest BCUT2D eigenvalue weighted by Gasteiger charge is 2.33. The summed E-state index contributed by atoms with van der Waals surface area (Å²) in [6.45, 7) is 0.846. The Morgan fingerprint density at radius 1 is 1.16 bits per heavy atom. The van der Waals surface area contributed by atoms with Gasteiger partial charge in [0.15, 0.2) is 5.17 Å². The van der Waals surface area contributed by atoms with Crippen LogP contribution in [0, 0.1) is 5.82 Å². The summed E-state index contributed by atoms with van der Waals surface area (Å²) in [5.74, 6) is -0.429. The van der Waals surface area contributed by atoms with Crippen molar-refractivity contribution in [2.24, 2.45) is 4.99 Å². The molecule has 0 radical (unpaired) electrons. The number of amides is 1. The monoisotopic (exact) mass is 356 g/mol. The molecule has 4 nitrogen and oxygen atoms in total. The van der Waals surface area contributed by atoms with Gasteiger partial charge in [0.1, 0.15) is 5.82 Å². The van der Waals surface area contributed by atoms with Crippen LogP contribution in [-0.2, 0) is 9.53 Å². The molecule has 1 aliphatic heterocycles. The molecule has 0 unspecified atom stereocenters.